The van der Waals surface area contributed by atoms with E-state index in [4.69, 9.17) is 14.2 Å². The summed E-state index contributed by atoms with van der Waals surface area (Å²) in [5.41, 5.74) is -0.659. The monoisotopic (exact) mass is 344 g/mol. The number of hydrogen-bond acceptors (Lipinski definition) is 3. The second-order valence-electron chi connectivity index (χ2n) is 5.38. The molecular weight excluding hydrogens is 314 g/mol. The first-order chi connectivity index (χ1) is 11.6. The van der Waals surface area contributed by atoms with Gasteiger partial charge < -0.3 is 14.2 Å². The van der Waals surface area contributed by atoms with E-state index >= 15 is 0 Å². The van der Waals surface area contributed by atoms with Crippen LogP contribution in [0.15, 0.2) is 18.2 Å². The number of benzene rings is 1. The fourth-order valence-electron chi connectivity index (χ4n) is 2.66. The lowest BCUT2D eigenvalue weighted by atomic mass is 9.94. The molecule has 0 aliphatic carbocycles. The lowest BCUT2D eigenvalue weighted by molar-refractivity contribution is -0.197. The van der Waals surface area contributed by atoms with E-state index in [2.05, 4.69) is 0 Å². The summed E-state index contributed by atoms with van der Waals surface area (Å²) in [5, 5.41) is 0. The Balaban J connectivity index is 0.000000671. The molecule has 0 saturated carbocycles. The Bertz CT molecular complexity index is 484. The van der Waals surface area contributed by atoms with Gasteiger partial charge in [-0.3, -0.25) is 0 Å². The molecule has 3 rings (SSSR count). The summed E-state index contributed by atoms with van der Waals surface area (Å²) in [6.45, 7) is 10.8. The van der Waals surface area contributed by atoms with Gasteiger partial charge in [-0.05, 0) is 44.4 Å². The molecule has 2 saturated heterocycles. The zero-order valence-electron chi connectivity index (χ0n) is 15.4. The number of halogens is 2. The third kappa shape index (κ3) is 4.98. The van der Waals surface area contributed by atoms with Crippen molar-refractivity contribution in [3.8, 4) is 0 Å². The van der Waals surface area contributed by atoms with E-state index in [1.807, 2.05) is 34.6 Å². The summed E-state index contributed by atoms with van der Waals surface area (Å²) in [6.07, 6.45) is 2.25. The molecule has 1 aromatic carbocycles. The zero-order chi connectivity index (χ0) is 18.2. The fourth-order valence-corrected chi connectivity index (χ4v) is 2.66. The smallest absolute Gasteiger partial charge is 0.158 e. The highest BCUT2D eigenvalue weighted by atomic mass is 19.1. The molecule has 0 aromatic heterocycles. The number of rotatable bonds is 4. The van der Waals surface area contributed by atoms with Crippen LogP contribution in [-0.4, -0.2) is 25.6 Å². The Morgan fingerprint density at radius 2 is 1.83 bits per heavy atom. The third-order valence-electron chi connectivity index (χ3n) is 3.99. The molecule has 0 amide bonds. The highest BCUT2D eigenvalue weighted by molar-refractivity contribution is 5.30. The standard InChI is InChI=1S/C15H18F2O3.2C2H6/c1-10(20-14-4-2-3-7-18-14)15(9-19-15)12-8-11(16)5-6-13(12)17;2*1-2/h5-6,8,10,14H,2-4,7,9H2,1H3;2*1-2H3/t10-,14?,15?;;/m1../s1. The van der Waals surface area contributed by atoms with Crippen LogP contribution in [0, 0.1) is 11.6 Å². The van der Waals surface area contributed by atoms with Crippen molar-refractivity contribution in [1.82, 2.24) is 0 Å². The van der Waals surface area contributed by atoms with E-state index in [0.29, 0.717) is 13.2 Å². The van der Waals surface area contributed by atoms with Gasteiger partial charge in [0, 0.05) is 12.2 Å². The van der Waals surface area contributed by atoms with Crippen molar-refractivity contribution in [2.45, 2.75) is 71.9 Å². The van der Waals surface area contributed by atoms with Crippen LogP contribution >= 0.6 is 0 Å². The van der Waals surface area contributed by atoms with E-state index in [1.165, 1.54) is 6.07 Å². The van der Waals surface area contributed by atoms with Gasteiger partial charge in [0.25, 0.3) is 0 Å². The van der Waals surface area contributed by atoms with Crippen LogP contribution in [-0.2, 0) is 19.8 Å². The average molecular weight is 344 g/mol. The lowest BCUT2D eigenvalue weighted by Gasteiger charge is -2.29. The molecule has 3 nitrogen and oxygen atoms in total. The van der Waals surface area contributed by atoms with Gasteiger partial charge >= 0.3 is 0 Å². The summed E-state index contributed by atoms with van der Waals surface area (Å²) < 4.78 is 44.0. The zero-order valence-corrected chi connectivity index (χ0v) is 15.4. The van der Waals surface area contributed by atoms with Crippen molar-refractivity contribution >= 4 is 0 Å². The molecule has 2 fully saturated rings. The van der Waals surface area contributed by atoms with Crippen LogP contribution in [0.5, 0.6) is 0 Å². The molecule has 2 heterocycles. The largest absolute Gasteiger partial charge is 0.362 e. The molecule has 2 aliphatic heterocycles. The number of ether oxygens (including phenoxy) is 3. The molecule has 24 heavy (non-hydrogen) atoms. The van der Waals surface area contributed by atoms with Crippen molar-refractivity contribution in [3.63, 3.8) is 0 Å². The van der Waals surface area contributed by atoms with Crippen molar-refractivity contribution in [1.29, 1.82) is 0 Å². The lowest BCUT2D eigenvalue weighted by Crippen LogP contribution is -2.35. The molecule has 0 spiro atoms. The maximum absolute atomic E-state index is 13.9. The van der Waals surface area contributed by atoms with Gasteiger partial charge in [0.05, 0.1) is 12.7 Å². The Labute approximate surface area is 144 Å². The van der Waals surface area contributed by atoms with Crippen LogP contribution in [0.2, 0.25) is 0 Å². The summed E-state index contributed by atoms with van der Waals surface area (Å²) in [6, 6.07) is 3.41. The Kier molecular flexibility index (Phi) is 8.81. The summed E-state index contributed by atoms with van der Waals surface area (Å²) >= 11 is 0. The van der Waals surface area contributed by atoms with Gasteiger partial charge in [-0.2, -0.15) is 0 Å². The van der Waals surface area contributed by atoms with Gasteiger partial charge in [-0.25, -0.2) is 8.78 Å². The quantitative estimate of drug-likeness (QED) is 0.706. The van der Waals surface area contributed by atoms with Crippen molar-refractivity contribution in [2.24, 2.45) is 0 Å². The molecule has 0 radical (unpaired) electrons. The normalized spacial score (nSPS) is 26.4. The highest BCUT2D eigenvalue weighted by Gasteiger charge is 2.54. The Hall–Kier alpha value is -1.04. The molecule has 0 bridgehead atoms. The van der Waals surface area contributed by atoms with Gasteiger partial charge in [0.1, 0.15) is 17.2 Å². The molecule has 138 valence electrons. The fraction of sp³-hybridized carbons (Fsp3) is 0.684. The number of hydrogen-bond donors (Lipinski definition) is 0. The summed E-state index contributed by atoms with van der Waals surface area (Å²) in [7, 11) is 0. The number of epoxide rings is 1. The molecule has 0 N–H and O–H groups in total. The minimum Gasteiger partial charge on any atom is -0.362 e. The highest BCUT2D eigenvalue weighted by Crippen LogP contribution is 2.45. The maximum Gasteiger partial charge on any atom is 0.158 e. The van der Waals surface area contributed by atoms with E-state index in [9.17, 15) is 8.78 Å². The molecule has 1 aromatic rings. The van der Waals surface area contributed by atoms with E-state index in [1.54, 1.807) is 0 Å². The summed E-state index contributed by atoms with van der Waals surface area (Å²) in [5.74, 6) is -0.943. The Morgan fingerprint density at radius 1 is 1.17 bits per heavy atom. The third-order valence-corrected chi connectivity index (χ3v) is 3.99. The van der Waals surface area contributed by atoms with Crippen LogP contribution < -0.4 is 0 Å². The molecular formula is C19H30F2O3. The van der Waals surface area contributed by atoms with E-state index < -0.39 is 17.2 Å². The maximum atomic E-state index is 13.9. The van der Waals surface area contributed by atoms with Gasteiger partial charge in [-0.15, -0.1) is 0 Å². The van der Waals surface area contributed by atoms with E-state index in [0.717, 1.165) is 31.4 Å². The van der Waals surface area contributed by atoms with Crippen LogP contribution in [0.3, 0.4) is 0 Å². The summed E-state index contributed by atoms with van der Waals surface area (Å²) in [4.78, 5) is 0. The van der Waals surface area contributed by atoms with Crippen molar-refractivity contribution < 1.29 is 23.0 Å². The van der Waals surface area contributed by atoms with Gasteiger partial charge in [0.15, 0.2) is 6.29 Å². The molecule has 2 unspecified atom stereocenters. The second kappa shape index (κ2) is 10.1. The average Bonchev–Trinajstić information content (AvgIpc) is 3.43. The second-order valence-corrected chi connectivity index (χ2v) is 5.38. The topological polar surface area (TPSA) is 31.0 Å². The first kappa shape index (κ1) is 21.0. The minimum atomic E-state index is -0.882. The van der Waals surface area contributed by atoms with Crippen molar-refractivity contribution in [2.75, 3.05) is 13.2 Å². The Morgan fingerprint density at radius 3 is 2.38 bits per heavy atom. The molecule has 5 heteroatoms. The molecule has 3 atom stereocenters. The van der Waals surface area contributed by atoms with Gasteiger partial charge in [-0.1, -0.05) is 27.7 Å². The van der Waals surface area contributed by atoms with Crippen LogP contribution in [0.4, 0.5) is 8.78 Å². The SMILES string of the molecule is CC.CC.C[C@@H](OC1CCCCO1)C1(c2cc(F)ccc2F)CO1. The molecule has 2 aliphatic rings. The first-order valence-corrected chi connectivity index (χ1v) is 8.98. The van der Waals surface area contributed by atoms with Gasteiger partial charge in [0.2, 0.25) is 0 Å². The first-order valence-electron chi connectivity index (χ1n) is 8.98. The van der Waals surface area contributed by atoms with Crippen LogP contribution in [0.25, 0.3) is 0 Å². The predicted molar refractivity (Wildman–Crippen MR) is 90.8 cm³/mol. The minimum absolute atomic E-state index is 0.223. The van der Waals surface area contributed by atoms with Crippen molar-refractivity contribution in [3.05, 3.63) is 35.4 Å². The van der Waals surface area contributed by atoms with E-state index in [-0.39, 0.29) is 18.0 Å². The predicted octanol–water partition coefficient (Wildman–Crippen LogP) is 5.17. The van der Waals surface area contributed by atoms with Crippen LogP contribution in [0.1, 0.15) is 59.4 Å².